The van der Waals surface area contributed by atoms with Crippen molar-refractivity contribution in [3.05, 3.63) is 29.6 Å². The SMILES string of the molecule is O=C1CCc2cc(Oc3nc(C4CC4)ns3)ccc2N1. The van der Waals surface area contributed by atoms with E-state index >= 15 is 0 Å². The second-order valence-electron chi connectivity index (χ2n) is 5.16. The second kappa shape index (κ2) is 4.56. The van der Waals surface area contributed by atoms with E-state index in [1.807, 2.05) is 18.2 Å². The number of nitrogens with zero attached hydrogens (tertiary/aromatic N) is 2. The van der Waals surface area contributed by atoms with E-state index in [1.165, 1.54) is 24.4 Å². The van der Waals surface area contributed by atoms with Crippen LogP contribution in [0, 0.1) is 0 Å². The van der Waals surface area contributed by atoms with Crippen LogP contribution in [0.2, 0.25) is 0 Å². The number of carbonyl (C=O) groups excluding carboxylic acids is 1. The Morgan fingerprint density at radius 2 is 2.20 bits per heavy atom. The summed E-state index contributed by atoms with van der Waals surface area (Å²) in [5.74, 6) is 2.28. The number of hydrogen-bond acceptors (Lipinski definition) is 5. The molecule has 0 atom stereocenters. The molecule has 2 aromatic rings. The molecule has 1 aromatic heterocycles. The molecule has 1 amide bonds. The van der Waals surface area contributed by atoms with Gasteiger partial charge in [0.2, 0.25) is 5.91 Å². The number of carbonyl (C=O) groups is 1. The zero-order chi connectivity index (χ0) is 13.5. The third-order valence-electron chi connectivity index (χ3n) is 3.54. The van der Waals surface area contributed by atoms with Gasteiger partial charge in [-0.2, -0.15) is 9.36 Å². The number of aromatic nitrogens is 2. The van der Waals surface area contributed by atoms with Crippen LogP contribution in [0.1, 0.15) is 36.6 Å². The Hall–Kier alpha value is -1.95. The quantitative estimate of drug-likeness (QED) is 0.942. The molecule has 1 saturated carbocycles. The van der Waals surface area contributed by atoms with E-state index < -0.39 is 0 Å². The van der Waals surface area contributed by atoms with Crippen molar-refractivity contribution in [3.8, 4) is 10.9 Å². The van der Waals surface area contributed by atoms with Gasteiger partial charge in [0.05, 0.1) is 0 Å². The highest BCUT2D eigenvalue weighted by molar-refractivity contribution is 7.07. The van der Waals surface area contributed by atoms with E-state index in [0.29, 0.717) is 17.5 Å². The van der Waals surface area contributed by atoms with Crippen molar-refractivity contribution in [2.24, 2.45) is 0 Å². The van der Waals surface area contributed by atoms with Gasteiger partial charge in [-0.1, -0.05) is 0 Å². The summed E-state index contributed by atoms with van der Waals surface area (Å²) in [5, 5.41) is 3.45. The minimum Gasteiger partial charge on any atom is -0.430 e. The van der Waals surface area contributed by atoms with Crippen molar-refractivity contribution < 1.29 is 9.53 Å². The van der Waals surface area contributed by atoms with Crippen molar-refractivity contribution in [1.82, 2.24) is 9.36 Å². The molecule has 4 rings (SSSR count). The molecule has 6 heteroatoms. The monoisotopic (exact) mass is 287 g/mol. The Bertz CT molecular complexity index is 679. The predicted molar refractivity (Wildman–Crippen MR) is 75.4 cm³/mol. The van der Waals surface area contributed by atoms with Crippen molar-refractivity contribution in [3.63, 3.8) is 0 Å². The Balaban J connectivity index is 1.54. The molecule has 1 N–H and O–H groups in total. The maximum atomic E-state index is 11.3. The zero-order valence-corrected chi connectivity index (χ0v) is 11.6. The molecule has 1 fully saturated rings. The number of aryl methyl sites for hydroxylation is 1. The Labute approximate surface area is 120 Å². The van der Waals surface area contributed by atoms with E-state index in [0.717, 1.165) is 29.2 Å². The van der Waals surface area contributed by atoms with E-state index in [4.69, 9.17) is 4.74 Å². The van der Waals surface area contributed by atoms with Gasteiger partial charge in [0.15, 0.2) is 0 Å². The second-order valence-corrected chi connectivity index (χ2v) is 5.88. The van der Waals surface area contributed by atoms with Gasteiger partial charge in [-0.25, -0.2) is 0 Å². The number of nitrogens with one attached hydrogen (secondary N) is 1. The van der Waals surface area contributed by atoms with E-state index in [9.17, 15) is 4.79 Å². The van der Waals surface area contributed by atoms with Crippen LogP contribution in [0.25, 0.3) is 0 Å². The molecule has 0 spiro atoms. The Morgan fingerprint density at radius 1 is 1.30 bits per heavy atom. The number of ether oxygens (including phenoxy) is 1. The minimum absolute atomic E-state index is 0.0735. The fourth-order valence-corrected chi connectivity index (χ4v) is 2.92. The summed E-state index contributed by atoms with van der Waals surface area (Å²) in [5.41, 5.74) is 1.98. The standard InChI is InChI=1S/C14H13N3O2S/c18-12-6-3-9-7-10(4-5-11(9)15-12)19-14-16-13(17-20-14)8-1-2-8/h4-5,7-8H,1-3,6H2,(H,15,18). The summed E-state index contributed by atoms with van der Waals surface area (Å²) >= 11 is 1.30. The summed E-state index contributed by atoms with van der Waals surface area (Å²) in [4.78, 5) is 15.7. The molecule has 1 aliphatic heterocycles. The molecule has 0 radical (unpaired) electrons. The molecule has 2 heterocycles. The maximum Gasteiger partial charge on any atom is 0.298 e. The van der Waals surface area contributed by atoms with Crippen LogP contribution in [0.15, 0.2) is 18.2 Å². The first-order valence-electron chi connectivity index (χ1n) is 6.72. The average molecular weight is 287 g/mol. The molecule has 20 heavy (non-hydrogen) atoms. The Morgan fingerprint density at radius 3 is 3.05 bits per heavy atom. The molecule has 0 bridgehead atoms. The molecule has 1 aliphatic carbocycles. The molecule has 0 saturated heterocycles. The summed E-state index contributed by atoms with van der Waals surface area (Å²) in [6, 6.07) is 5.69. The van der Waals surface area contributed by atoms with Gasteiger partial charge in [0, 0.05) is 29.6 Å². The molecular weight excluding hydrogens is 274 g/mol. The summed E-state index contributed by atoms with van der Waals surface area (Å²) in [6.45, 7) is 0. The largest absolute Gasteiger partial charge is 0.430 e. The van der Waals surface area contributed by atoms with Gasteiger partial charge in [-0.15, -0.1) is 0 Å². The van der Waals surface area contributed by atoms with Gasteiger partial charge < -0.3 is 10.1 Å². The van der Waals surface area contributed by atoms with Crippen LogP contribution < -0.4 is 10.1 Å². The number of rotatable bonds is 3. The molecule has 102 valence electrons. The molecule has 2 aliphatic rings. The highest BCUT2D eigenvalue weighted by atomic mass is 32.1. The molecule has 0 unspecified atom stereocenters. The molecule has 5 nitrogen and oxygen atoms in total. The third-order valence-corrected chi connectivity index (χ3v) is 4.15. The summed E-state index contributed by atoms with van der Waals surface area (Å²) in [6.07, 6.45) is 3.66. The van der Waals surface area contributed by atoms with Crippen molar-refractivity contribution >= 4 is 23.1 Å². The first-order chi connectivity index (χ1) is 9.78. The highest BCUT2D eigenvalue weighted by Gasteiger charge is 2.28. The average Bonchev–Trinajstić information content (AvgIpc) is 3.20. The van der Waals surface area contributed by atoms with Crippen molar-refractivity contribution in [2.75, 3.05) is 5.32 Å². The highest BCUT2D eigenvalue weighted by Crippen LogP contribution is 2.40. The van der Waals surface area contributed by atoms with E-state index in [1.54, 1.807) is 0 Å². The smallest absolute Gasteiger partial charge is 0.298 e. The number of benzene rings is 1. The lowest BCUT2D eigenvalue weighted by Gasteiger charge is -2.17. The number of fused-ring (bicyclic) bond motifs is 1. The van der Waals surface area contributed by atoms with Crippen LogP contribution in [0.3, 0.4) is 0 Å². The molecular formula is C14H13N3O2S. The fourth-order valence-electron chi connectivity index (χ4n) is 2.29. The number of anilines is 1. The zero-order valence-electron chi connectivity index (χ0n) is 10.8. The molecule has 1 aromatic carbocycles. The van der Waals surface area contributed by atoms with Crippen molar-refractivity contribution in [1.29, 1.82) is 0 Å². The van der Waals surface area contributed by atoms with Gasteiger partial charge >= 0.3 is 0 Å². The van der Waals surface area contributed by atoms with Gasteiger partial charge in [-0.3, -0.25) is 4.79 Å². The predicted octanol–water partition coefficient (Wildman–Crippen LogP) is 3.09. The number of hydrogen-bond donors (Lipinski definition) is 1. The first-order valence-corrected chi connectivity index (χ1v) is 7.49. The lowest BCUT2D eigenvalue weighted by molar-refractivity contribution is -0.116. The van der Waals surface area contributed by atoms with E-state index in [2.05, 4.69) is 14.7 Å². The number of amides is 1. The van der Waals surface area contributed by atoms with Crippen LogP contribution in [-0.4, -0.2) is 15.3 Å². The van der Waals surface area contributed by atoms with Crippen LogP contribution in [0.5, 0.6) is 10.9 Å². The lowest BCUT2D eigenvalue weighted by Crippen LogP contribution is -2.18. The van der Waals surface area contributed by atoms with Gasteiger partial charge in [0.1, 0.15) is 11.6 Å². The third kappa shape index (κ3) is 2.27. The van der Waals surface area contributed by atoms with Crippen LogP contribution >= 0.6 is 11.5 Å². The lowest BCUT2D eigenvalue weighted by atomic mass is 10.0. The van der Waals surface area contributed by atoms with Crippen LogP contribution in [-0.2, 0) is 11.2 Å². The maximum absolute atomic E-state index is 11.3. The Kier molecular flexibility index (Phi) is 2.70. The topological polar surface area (TPSA) is 64.1 Å². The minimum atomic E-state index is 0.0735. The fraction of sp³-hybridized carbons (Fsp3) is 0.357. The van der Waals surface area contributed by atoms with E-state index in [-0.39, 0.29) is 5.91 Å². The normalized spacial score (nSPS) is 17.5. The van der Waals surface area contributed by atoms with Gasteiger partial charge in [-0.05, 0) is 43.0 Å². The first kappa shape index (κ1) is 11.8. The van der Waals surface area contributed by atoms with Crippen molar-refractivity contribution in [2.45, 2.75) is 31.6 Å². The van der Waals surface area contributed by atoms with Crippen LogP contribution in [0.4, 0.5) is 5.69 Å². The summed E-state index contributed by atoms with van der Waals surface area (Å²) < 4.78 is 10.1. The van der Waals surface area contributed by atoms with Gasteiger partial charge in [0.25, 0.3) is 5.19 Å². The summed E-state index contributed by atoms with van der Waals surface area (Å²) in [7, 11) is 0.